The zero-order chi connectivity index (χ0) is 28.7. The molecule has 0 amide bonds. The lowest BCUT2D eigenvalue weighted by Gasteiger charge is -2.22. The molecule has 40 heavy (non-hydrogen) atoms. The number of aromatic nitrogens is 6. The van der Waals surface area contributed by atoms with Gasteiger partial charge in [-0.15, -0.1) is 10.2 Å². The van der Waals surface area contributed by atoms with Crippen LogP contribution in [0.2, 0.25) is 0 Å². The van der Waals surface area contributed by atoms with Gasteiger partial charge < -0.3 is 19.3 Å². The normalized spacial score (nSPS) is 11.3. The number of aromatic amines is 1. The molecule has 0 spiro atoms. The maximum Gasteiger partial charge on any atom is 0.510 e. The lowest BCUT2D eigenvalue weighted by Crippen LogP contribution is -2.26. The SMILES string of the molecule is CCCc1nc(C(=O)OCc2ccc(-c3ccccc3-c3nn[nH]n3)cc2)c(C(C)(C)O)n1COC(=O)OCC. The number of benzene rings is 2. The largest absolute Gasteiger partial charge is 0.510 e. The van der Waals surface area contributed by atoms with Gasteiger partial charge in [0.15, 0.2) is 12.4 Å². The van der Waals surface area contributed by atoms with E-state index in [1.807, 2.05) is 55.5 Å². The molecule has 0 atom stereocenters. The summed E-state index contributed by atoms with van der Waals surface area (Å²) >= 11 is 0. The highest BCUT2D eigenvalue weighted by Crippen LogP contribution is 2.30. The predicted molar refractivity (Wildman–Crippen MR) is 144 cm³/mol. The molecule has 4 rings (SSSR count). The maximum absolute atomic E-state index is 13.2. The lowest BCUT2D eigenvalue weighted by molar-refractivity contribution is 0.0235. The third kappa shape index (κ3) is 6.52. The van der Waals surface area contributed by atoms with Gasteiger partial charge >= 0.3 is 12.1 Å². The highest BCUT2D eigenvalue weighted by atomic mass is 16.7. The Morgan fingerprint density at radius 3 is 2.35 bits per heavy atom. The van der Waals surface area contributed by atoms with Crippen molar-refractivity contribution in [2.75, 3.05) is 6.61 Å². The molecule has 0 saturated carbocycles. The summed E-state index contributed by atoms with van der Waals surface area (Å²) in [4.78, 5) is 29.5. The zero-order valence-electron chi connectivity index (χ0n) is 22.9. The number of hydrogen-bond donors (Lipinski definition) is 2. The number of H-pyrrole nitrogens is 1. The van der Waals surface area contributed by atoms with E-state index in [1.54, 1.807) is 6.92 Å². The van der Waals surface area contributed by atoms with Crippen LogP contribution in [0.4, 0.5) is 4.79 Å². The van der Waals surface area contributed by atoms with Gasteiger partial charge in [0.2, 0.25) is 5.82 Å². The first-order valence-corrected chi connectivity index (χ1v) is 12.9. The van der Waals surface area contributed by atoms with Crippen LogP contribution in [0.1, 0.15) is 61.7 Å². The minimum Gasteiger partial charge on any atom is -0.456 e. The Balaban J connectivity index is 1.53. The number of nitrogens with zero attached hydrogens (tertiary/aromatic N) is 5. The molecule has 0 aliphatic heterocycles. The number of imidazole rings is 1. The molecular weight excluding hydrogens is 516 g/mol. The summed E-state index contributed by atoms with van der Waals surface area (Å²) in [5.74, 6) is 0.280. The van der Waals surface area contributed by atoms with E-state index in [0.717, 1.165) is 28.7 Å². The van der Waals surface area contributed by atoms with E-state index in [-0.39, 0.29) is 31.3 Å². The van der Waals surface area contributed by atoms with Crippen LogP contribution in [0.5, 0.6) is 0 Å². The van der Waals surface area contributed by atoms with Crippen LogP contribution in [0, 0.1) is 0 Å². The van der Waals surface area contributed by atoms with Crippen molar-refractivity contribution in [3.05, 3.63) is 71.3 Å². The van der Waals surface area contributed by atoms with E-state index in [0.29, 0.717) is 18.1 Å². The average Bonchev–Trinajstić information content (AvgIpc) is 3.60. The van der Waals surface area contributed by atoms with Crippen LogP contribution < -0.4 is 0 Å². The quantitative estimate of drug-likeness (QED) is 0.258. The molecule has 0 radical (unpaired) electrons. The number of carbonyl (C=O) groups excluding carboxylic acids is 2. The van der Waals surface area contributed by atoms with Gasteiger partial charge in [0.1, 0.15) is 18.0 Å². The summed E-state index contributed by atoms with van der Waals surface area (Å²) in [7, 11) is 0. The summed E-state index contributed by atoms with van der Waals surface area (Å²) in [5.41, 5.74) is 2.15. The first kappa shape index (κ1) is 28.4. The second-order valence-electron chi connectivity index (χ2n) is 9.47. The van der Waals surface area contributed by atoms with Crippen molar-refractivity contribution in [2.24, 2.45) is 0 Å². The van der Waals surface area contributed by atoms with Crippen LogP contribution in [-0.2, 0) is 39.6 Å². The van der Waals surface area contributed by atoms with Crippen LogP contribution in [0.3, 0.4) is 0 Å². The Morgan fingerprint density at radius 2 is 1.73 bits per heavy atom. The second kappa shape index (κ2) is 12.5. The number of aryl methyl sites for hydroxylation is 1. The van der Waals surface area contributed by atoms with Gasteiger partial charge in [0, 0.05) is 12.0 Å². The Morgan fingerprint density at radius 1 is 1.00 bits per heavy atom. The Bertz CT molecular complexity index is 1440. The van der Waals surface area contributed by atoms with E-state index in [1.165, 1.54) is 18.4 Å². The minimum absolute atomic E-state index is 0.00774. The van der Waals surface area contributed by atoms with Crippen molar-refractivity contribution in [3.8, 4) is 22.5 Å². The van der Waals surface area contributed by atoms with Gasteiger partial charge in [0.25, 0.3) is 0 Å². The molecule has 12 nitrogen and oxygen atoms in total. The third-order valence-corrected chi connectivity index (χ3v) is 6.01. The Labute approximate surface area is 231 Å². The molecule has 0 fully saturated rings. The summed E-state index contributed by atoms with van der Waals surface area (Å²) in [6.45, 7) is 6.57. The van der Waals surface area contributed by atoms with Crippen LogP contribution in [0.15, 0.2) is 48.5 Å². The van der Waals surface area contributed by atoms with Gasteiger partial charge in [-0.3, -0.25) is 4.57 Å². The van der Waals surface area contributed by atoms with Gasteiger partial charge in [-0.25, -0.2) is 14.6 Å². The maximum atomic E-state index is 13.2. The monoisotopic (exact) mass is 548 g/mol. The summed E-state index contributed by atoms with van der Waals surface area (Å²) < 4.78 is 17.1. The predicted octanol–water partition coefficient (Wildman–Crippen LogP) is 4.40. The van der Waals surface area contributed by atoms with Crippen molar-refractivity contribution >= 4 is 12.1 Å². The fourth-order valence-corrected chi connectivity index (χ4v) is 4.30. The molecular formula is C28H32N6O6. The van der Waals surface area contributed by atoms with E-state index < -0.39 is 17.7 Å². The standard InChI is InChI=1S/C28H32N6O6/c1-5-9-22-29-23(24(28(3,4)37)34(22)17-40-27(36)38-6-2)26(35)39-16-18-12-14-19(15-13-18)20-10-7-8-11-21(20)25-30-32-33-31-25/h7-8,10-15,37H,5-6,9,16-17H2,1-4H3,(H,30,31,32,33). The highest BCUT2D eigenvalue weighted by Gasteiger charge is 2.33. The molecule has 2 N–H and O–H groups in total. The zero-order valence-corrected chi connectivity index (χ0v) is 22.9. The molecule has 2 heterocycles. The van der Waals surface area contributed by atoms with Crippen molar-refractivity contribution in [3.63, 3.8) is 0 Å². The molecule has 0 aliphatic rings. The van der Waals surface area contributed by atoms with Gasteiger partial charge in [-0.1, -0.05) is 55.5 Å². The fourth-order valence-electron chi connectivity index (χ4n) is 4.30. The number of esters is 1. The first-order chi connectivity index (χ1) is 19.2. The number of carbonyl (C=O) groups is 2. The molecule has 2 aromatic heterocycles. The molecule has 2 aromatic carbocycles. The molecule has 12 heteroatoms. The topological polar surface area (TPSA) is 154 Å². The molecule has 0 saturated heterocycles. The molecule has 210 valence electrons. The van der Waals surface area contributed by atoms with Crippen molar-refractivity contribution in [1.29, 1.82) is 0 Å². The average molecular weight is 549 g/mol. The fraction of sp³-hybridized carbons (Fsp3) is 0.357. The Kier molecular flexibility index (Phi) is 8.90. The van der Waals surface area contributed by atoms with Crippen molar-refractivity contribution in [2.45, 2.75) is 59.5 Å². The molecule has 4 aromatic rings. The van der Waals surface area contributed by atoms with E-state index in [2.05, 4.69) is 25.6 Å². The first-order valence-electron chi connectivity index (χ1n) is 12.9. The number of tetrazole rings is 1. The number of rotatable bonds is 11. The number of ether oxygens (including phenoxy) is 3. The van der Waals surface area contributed by atoms with Gasteiger partial charge in [0.05, 0.1) is 12.3 Å². The molecule has 0 bridgehead atoms. The second-order valence-corrected chi connectivity index (χ2v) is 9.47. The van der Waals surface area contributed by atoms with Crippen LogP contribution >= 0.6 is 0 Å². The third-order valence-electron chi connectivity index (χ3n) is 6.01. The van der Waals surface area contributed by atoms with Gasteiger partial charge in [-0.05, 0) is 49.1 Å². The summed E-state index contributed by atoms with van der Waals surface area (Å²) in [6.07, 6.45) is 0.362. The van der Waals surface area contributed by atoms with E-state index in [9.17, 15) is 14.7 Å². The summed E-state index contributed by atoms with van der Waals surface area (Å²) in [6, 6.07) is 15.3. The number of aliphatic hydroxyl groups is 1. The molecule has 0 aliphatic carbocycles. The number of nitrogens with one attached hydrogen (secondary N) is 1. The van der Waals surface area contributed by atoms with Crippen LogP contribution in [0.25, 0.3) is 22.5 Å². The smallest absolute Gasteiger partial charge is 0.456 e. The van der Waals surface area contributed by atoms with Crippen molar-refractivity contribution < 1.29 is 28.9 Å². The minimum atomic E-state index is -1.47. The summed E-state index contributed by atoms with van der Waals surface area (Å²) in [5, 5.41) is 25.2. The highest BCUT2D eigenvalue weighted by molar-refractivity contribution is 5.89. The van der Waals surface area contributed by atoms with Gasteiger partial charge in [-0.2, -0.15) is 5.21 Å². The molecule has 0 unspecified atom stereocenters. The lowest BCUT2D eigenvalue weighted by atomic mass is 9.98. The van der Waals surface area contributed by atoms with E-state index in [4.69, 9.17) is 14.2 Å². The number of hydrogen-bond acceptors (Lipinski definition) is 10. The Hall–Kier alpha value is -4.58. The van der Waals surface area contributed by atoms with Crippen molar-refractivity contribution in [1.82, 2.24) is 30.2 Å². The van der Waals surface area contributed by atoms with Crippen LogP contribution in [-0.4, -0.2) is 54.0 Å². The van der Waals surface area contributed by atoms with E-state index >= 15 is 0 Å².